The number of pyridine rings is 1. The Balaban J connectivity index is 1.89. The van der Waals surface area contributed by atoms with E-state index in [0.29, 0.717) is 0 Å². The van der Waals surface area contributed by atoms with Gasteiger partial charge in [-0.3, -0.25) is 9.88 Å². The summed E-state index contributed by atoms with van der Waals surface area (Å²) in [5.41, 5.74) is 0.943. The first-order valence-electron chi connectivity index (χ1n) is 4.97. The lowest BCUT2D eigenvalue weighted by Crippen LogP contribution is -2.41. The van der Waals surface area contributed by atoms with Crippen LogP contribution in [-0.4, -0.2) is 39.2 Å². The van der Waals surface area contributed by atoms with Crippen molar-refractivity contribution in [3.63, 3.8) is 0 Å². The average molecular weight is 321 g/mol. The van der Waals surface area contributed by atoms with Gasteiger partial charge >= 0.3 is 0 Å². The van der Waals surface area contributed by atoms with Crippen LogP contribution in [0.25, 0.3) is 0 Å². The predicted molar refractivity (Wildman–Crippen MR) is 65.1 cm³/mol. The smallest absolute Gasteiger partial charge is 0.141 e. The maximum Gasteiger partial charge on any atom is 0.141 e. The highest BCUT2D eigenvalue weighted by molar-refractivity contribution is 14.1. The monoisotopic (exact) mass is 321 g/mol. The van der Waals surface area contributed by atoms with Gasteiger partial charge in [0.25, 0.3) is 0 Å². The van der Waals surface area contributed by atoms with Crippen molar-refractivity contribution >= 4 is 22.9 Å². The zero-order chi connectivity index (χ0) is 10.7. The molecule has 0 saturated carbocycles. The Bertz CT molecular complexity index is 309. The summed E-state index contributed by atoms with van der Waals surface area (Å²) in [5, 5.41) is 0. The van der Waals surface area contributed by atoms with Crippen LogP contribution in [0.1, 0.15) is 5.69 Å². The number of hydrogen-bond acceptors (Lipinski definition) is 3. The van der Waals surface area contributed by atoms with E-state index in [1.54, 1.807) is 6.07 Å². The van der Waals surface area contributed by atoms with Crippen LogP contribution in [-0.2, 0) is 6.54 Å². The molecule has 0 spiro atoms. The molecule has 1 fully saturated rings. The minimum Gasteiger partial charge on any atom is -0.295 e. The van der Waals surface area contributed by atoms with E-state index in [0.717, 1.165) is 38.4 Å². The zero-order valence-corrected chi connectivity index (χ0v) is 10.5. The van der Waals surface area contributed by atoms with Crippen LogP contribution in [0.4, 0.5) is 4.39 Å². The van der Waals surface area contributed by atoms with Gasteiger partial charge in [0, 0.05) is 55.6 Å². The van der Waals surface area contributed by atoms with Gasteiger partial charge in [-0.25, -0.2) is 7.50 Å². The van der Waals surface area contributed by atoms with Gasteiger partial charge < -0.3 is 0 Å². The molecule has 2 rings (SSSR count). The summed E-state index contributed by atoms with van der Waals surface area (Å²) in [6.45, 7) is 5.11. The molecule has 1 saturated heterocycles. The van der Waals surface area contributed by atoms with Crippen molar-refractivity contribution < 1.29 is 4.39 Å². The van der Waals surface area contributed by atoms with Crippen molar-refractivity contribution in [2.24, 2.45) is 0 Å². The first-order valence-corrected chi connectivity index (χ1v) is 5.94. The Morgan fingerprint density at radius 2 is 2.00 bits per heavy atom. The van der Waals surface area contributed by atoms with E-state index < -0.39 is 0 Å². The highest BCUT2D eigenvalue weighted by Crippen LogP contribution is 2.09. The largest absolute Gasteiger partial charge is 0.295 e. The number of hydrogen-bond donors (Lipinski definition) is 0. The number of halogens is 2. The number of nitrogens with zero attached hydrogens (tertiary/aromatic N) is 3. The van der Waals surface area contributed by atoms with Crippen LogP contribution in [0.3, 0.4) is 0 Å². The van der Waals surface area contributed by atoms with E-state index in [4.69, 9.17) is 0 Å². The lowest BCUT2D eigenvalue weighted by molar-refractivity contribution is 0.196. The fraction of sp³-hybridized carbons (Fsp3) is 0.500. The molecule has 82 valence electrons. The quantitative estimate of drug-likeness (QED) is 0.610. The van der Waals surface area contributed by atoms with Crippen LogP contribution in [0, 0.1) is 5.82 Å². The summed E-state index contributed by atoms with van der Waals surface area (Å²) in [6, 6.07) is 3.22. The summed E-state index contributed by atoms with van der Waals surface area (Å²) in [4.78, 5) is 6.40. The molecule has 0 atom stereocenters. The number of rotatable bonds is 2. The summed E-state index contributed by atoms with van der Waals surface area (Å²) < 4.78 is 14.9. The van der Waals surface area contributed by atoms with Gasteiger partial charge in [-0.05, 0) is 12.1 Å². The molecule has 0 radical (unpaired) electrons. The van der Waals surface area contributed by atoms with Crippen molar-refractivity contribution in [2.45, 2.75) is 6.54 Å². The van der Waals surface area contributed by atoms with Gasteiger partial charge in [0.2, 0.25) is 0 Å². The fourth-order valence-corrected chi connectivity index (χ4v) is 2.04. The van der Waals surface area contributed by atoms with E-state index in [-0.39, 0.29) is 5.82 Å². The standard InChI is InChI=1S/C10H13FIN3/c11-9-1-2-10(13-7-9)8-14-3-5-15(12)6-4-14/h1-2,7H,3-6,8H2. The van der Waals surface area contributed by atoms with Gasteiger partial charge in [0.15, 0.2) is 0 Å². The van der Waals surface area contributed by atoms with Crippen LogP contribution >= 0.6 is 22.9 Å². The van der Waals surface area contributed by atoms with Crippen LogP contribution < -0.4 is 0 Å². The maximum atomic E-state index is 12.6. The second-order valence-corrected chi connectivity index (χ2v) is 5.02. The third kappa shape index (κ3) is 3.35. The van der Waals surface area contributed by atoms with E-state index in [2.05, 4.69) is 35.9 Å². The highest BCUT2D eigenvalue weighted by atomic mass is 127. The van der Waals surface area contributed by atoms with Crippen molar-refractivity contribution in [3.05, 3.63) is 29.8 Å². The lowest BCUT2D eigenvalue weighted by Gasteiger charge is -2.30. The van der Waals surface area contributed by atoms with Crippen molar-refractivity contribution in [3.8, 4) is 0 Å². The minimum atomic E-state index is -0.268. The molecule has 0 bridgehead atoms. The molecule has 3 nitrogen and oxygen atoms in total. The van der Waals surface area contributed by atoms with Gasteiger partial charge in [-0.15, -0.1) is 0 Å². The Morgan fingerprint density at radius 1 is 1.27 bits per heavy atom. The Labute approximate surface area is 103 Å². The fourth-order valence-electron chi connectivity index (χ4n) is 1.61. The first-order chi connectivity index (χ1) is 7.24. The Morgan fingerprint density at radius 3 is 2.60 bits per heavy atom. The first kappa shape index (κ1) is 11.2. The summed E-state index contributed by atoms with van der Waals surface area (Å²) in [5.74, 6) is -0.268. The normalized spacial score (nSPS) is 19.3. The number of aromatic nitrogens is 1. The zero-order valence-electron chi connectivity index (χ0n) is 8.37. The number of piperazine rings is 1. The molecule has 0 unspecified atom stereocenters. The van der Waals surface area contributed by atoms with Gasteiger partial charge in [-0.1, -0.05) is 0 Å². The van der Waals surface area contributed by atoms with E-state index >= 15 is 0 Å². The third-order valence-electron chi connectivity index (χ3n) is 2.49. The van der Waals surface area contributed by atoms with Crippen LogP contribution in [0.2, 0.25) is 0 Å². The molecule has 0 amide bonds. The van der Waals surface area contributed by atoms with Crippen molar-refractivity contribution in [1.29, 1.82) is 0 Å². The molecule has 1 aliphatic heterocycles. The van der Waals surface area contributed by atoms with E-state index in [1.807, 2.05) is 0 Å². The Kier molecular flexibility index (Phi) is 3.87. The maximum absolute atomic E-state index is 12.6. The molecule has 0 aromatic carbocycles. The molecule has 2 heterocycles. The molecule has 1 aromatic heterocycles. The summed E-state index contributed by atoms with van der Waals surface area (Å²) in [6.07, 6.45) is 1.28. The third-order valence-corrected chi connectivity index (χ3v) is 3.46. The molecule has 1 aromatic rings. The van der Waals surface area contributed by atoms with E-state index in [1.165, 1.54) is 12.3 Å². The SMILES string of the molecule is Fc1ccc(CN2CCN(I)CC2)nc1. The molecule has 0 aliphatic carbocycles. The summed E-state index contributed by atoms with van der Waals surface area (Å²) >= 11 is 2.34. The highest BCUT2D eigenvalue weighted by Gasteiger charge is 2.14. The second-order valence-electron chi connectivity index (χ2n) is 3.65. The predicted octanol–water partition coefficient (Wildman–Crippen LogP) is 1.69. The molecule has 5 heteroatoms. The van der Waals surface area contributed by atoms with Gasteiger partial charge in [0.05, 0.1) is 11.9 Å². The van der Waals surface area contributed by atoms with Gasteiger partial charge in [-0.2, -0.15) is 0 Å². The molecule has 1 aliphatic rings. The molecular formula is C10H13FIN3. The average Bonchev–Trinajstić information content (AvgIpc) is 2.25. The van der Waals surface area contributed by atoms with Crippen molar-refractivity contribution in [1.82, 2.24) is 13.0 Å². The minimum absolute atomic E-state index is 0.268. The van der Waals surface area contributed by atoms with Crippen molar-refractivity contribution in [2.75, 3.05) is 26.2 Å². The van der Waals surface area contributed by atoms with Gasteiger partial charge in [0.1, 0.15) is 5.82 Å². The molecular weight excluding hydrogens is 308 g/mol. The Hall–Kier alpha value is -0.270. The molecule has 0 N–H and O–H groups in total. The summed E-state index contributed by atoms with van der Waals surface area (Å²) in [7, 11) is 0. The topological polar surface area (TPSA) is 19.4 Å². The second kappa shape index (κ2) is 5.18. The van der Waals surface area contributed by atoms with Crippen LogP contribution in [0.15, 0.2) is 18.3 Å². The van der Waals surface area contributed by atoms with Crippen LogP contribution in [0.5, 0.6) is 0 Å². The molecule has 15 heavy (non-hydrogen) atoms. The van der Waals surface area contributed by atoms with E-state index in [9.17, 15) is 4.39 Å². The lowest BCUT2D eigenvalue weighted by atomic mass is 10.3.